The molecule has 0 aliphatic carbocycles. The van der Waals surface area contributed by atoms with Crippen molar-refractivity contribution < 1.29 is 98.1 Å². The van der Waals surface area contributed by atoms with E-state index >= 15 is 0 Å². The molecule has 0 amide bonds. The Morgan fingerprint density at radius 1 is 0.273 bits per heavy atom. The molecule has 7 heteroatoms. The van der Waals surface area contributed by atoms with Crippen LogP contribution in [0.2, 0.25) is 0 Å². The van der Waals surface area contributed by atoms with E-state index in [4.69, 9.17) is 0 Å². The van der Waals surface area contributed by atoms with Gasteiger partial charge in [-0.05, 0) is 0 Å². The number of hydrogen-bond donors (Lipinski definition) is 0. The van der Waals surface area contributed by atoms with Crippen molar-refractivity contribution in [1.29, 1.82) is 0 Å². The van der Waals surface area contributed by atoms with Gasteiger partial charge in [0, 0.05) is 98.1 Å². The van der Waals surface area contributed by atoms with E-state index in [1.165, 1.54) is 0 Å². The van der Waals surface area contributed by atoms with Gasteiger partial charge in [0.25, 0.3) is 0 Å². The van der Waals surface area contributed by atoms with Gasteiger partial charge in [-0.3, -0.25) is 0 Å². The van der Waals surface area contributed by atoms with Crippen molar-refractivity contribution >= 4 is 41.2 Å². The summed E-state index contributed by atoms with van der Waals surface area (Å²) in [5, 5.41) is 0. The molecular weight excluding hydrogens is 896 g/mol. The molecule has 0 aliphatic rings. The van der Waals surface area contributed by atoms with Crippen LogP contribution in [-0.2, 0) is 98.1 Å². The van der Waals surface area contributed by atoms with Gasteiger partial charge >= 0.3 is 7.12 Å². The second kappa shape index (κ2) is 40.3. The Kier molecular flexibility index (Phi) is 43.8. The number of anilines is 6. The van der Waals surface area contributed by atoms with Crippen LogP contribution in [0.3, 0.4) is 0 Å². The zero-order valence-electron chi connectivity index (χ0n) is 35.5. The molecule has 0 fully saturated rings. The number of nitrogens with zero attached hydrogens (tertiary/aromatic N) is 3. The van der Waals surface area contributed by atoms with Gasteiger partial charge in [0.05, 0.1) is 0 Å². The van der Waals surface area contributed by atoms with Gasteiger partial charge < -0.3 is 14.4 Å². The third-order valence-electron chi connectivity index (χ3n) is 6.41. The van der Waals surface area contributed by atoms with Crippen LogP contribution in [0, 0.1) is 36.4 Å². The first-order valence-corrected chi connectivity index (χ1v) is 19.1. The molecule has 3 radical (unpaired) electrons. The maximum Gasteiger partial charge on any atom is 0.509 e. The second-order valence-electron chi connectivity index (χ2n) is 8.94. The zero-order valence-corrected chi connectivity index (χ0v) is 44.0. The summed E-state index contributed by atoms with van der Waals surface area (Å²) in [6.45, 7) is 24.0. The Labute approximate surface area is 413 Å². The first-order valence-electron chi connectivity index (χ1n) is 19.1. The Hall–Kier alpha value is -1.90. The minimum absolute atomic E-state index is 0. The quantitative estimate of drug-likeness (QED) is 0.106. The van der Waals surface area contributed by atoms with Crippen LogP contribution < -0.4 is 14.4 Å². The van der Waals surface area contributed by atoms with Gasteiger partial charge in [-0.15, -0.1) is 36.4 Å². The third kappa shape index (κ3) is 19.4. The molecule has 0 aliphatic heterocycles. The van der Waals surface area contributed by atoms with Crippen LogP contribution in [0.25, 0.3) is 0 Å². The van der Waals surface area contributed by atoms with E-state index in [2.05, 4.69) is 87.2 Å². The van der Waals surface area contributed by atoms with Crippen molar-refractivity contribution in [3.05, 3.63) is 182 Å². The molecule has 0 saturated carbocycles. The molecule has 6 aromatic carbocycles. The van der Waals surface area contributed by atoms with Crippen molar-refractivity contribution in [2.24, 2.45) is 0 Å². The molecule has 0 N–H and O–H groups in total. The van der Waals surface area contributed by atoms with Crippen molar-refractivity contribution in [2.45, 2.75) is 83.1 Å². The van der Waals surface area contributed by atoms with E-state index in [-0.39, 0.29) is 98.1 Å². The van der Waals surface area contributed by atoms with E-state index in [0.29, 0.717) is 0 Å². The topological polar surface area (TPSA) is 9.72 Å². The fraction of sp³-hybridized carbons (Fsp3) is 0.250. The molecule has 6 aromatic rings. The minimum Gasteiger partial charge on any atom is -0.389 e. The molecule has 55 heavy (non-hydrogen) atoms. The smallest absolute Gasteiger partial charge is 0.389 e. The summed E-state index contributed by atoms with van der Waals surface area (Å²) in [5.74, 6) is 0. The SMILES string of the molecule is CC.CC.CC.CC.CC.CC.[Y].[Y].[Y].[c-]1ccccc1N(B(N(c1[c-]cccc1)c1[c-]cccc1)N(c1[c-]cccc1)c1[c-]cccc1)c1[c-]cccc1. The summed E-state index contributed by atoms with van der Waals surface area (Å²) in [4.78, 5) is 6.68. The number of para-hydroxylation sites is 6. The van der Waals surface area contributed by atoms with Crippen LogP contribution >= 0.6 is 0 Å². The molecule has 0 atom stereocenters. The van der Waals surface area contributed by atoms with E-state index in [9.17, 15) is 0 Å². The van der Waals surface area contributed by atoms with Gasteiger partial charge in [-0.1, -0.05) is 117 Å². The van der Waals surface area contributed by atoms with Gasteiger partial charge in [0.1, 0.15) is 0 Å². The maximum atomic E-state index is 3.47. The summed E-state index contributed by atoms with van der Waals surface area (Å²) >= 11 is 0. The first kappa shape index (κ1) is 59.8. The van der Waals surface area contributed by atoms with Crippen molar-refractivity contribution in [3.8, 4) is 0 Å². The third-order valence-corrected chi connectivity index (χ3v) is 6.41. The molecule has 285 valence electrons. The predicted octanol–water partition coefficient (Wildman–Crippen LogP) is 14.4. The Morgan fingerprint density at radius 2 is 0.418 bits per heavy atom. The second-order valence-corrected chi connectivity index (χ2v) is 8.94. The van der Waals surface area contributed by atoms with E-state index in [1.54, 1.807) is 0 Å². The van der Waals surface area contributed by atoms with Crippen LogP contribution in [0.15, 0.2) is 146 Å². The number of rotatable bonds is 9. The van der Waals surface area contributed by atoms with Gasteiger partial charge in [0.2, 0.25) is 0 Å². The molecule has 0 saturated heterocycles. The largest absolute Gasteiger partial charge is 0.509 e. The van der Waals surface area contributed by atoms with Gasteiger partial charge in [-0.2, -0.15) is 146 Å². The molecule has 0 bridgehead atoms. The maximum absolute atomic E-state index is 3.47. The van der Waals surface area contributed by atoms with Crippen LogP contribution in [0.1, 0.15) is 83.1 Å². The summed E-state index contributed by atoms with van der Waals surface area (Å²) < 4.78 is 0. The van der Waals surface area contributed by atoms with Crippen LogP contribution in [-0.4, -0.2) is 7.12 Å². The average molecular weight is 957 g/mol. The number of benzene rings is 6. The molecule has 6 rings (SSSR count). The molecule has 0 heterocycles. The van der Waals surface area contributed by atoms with Crippen molar-refractivity contribution in [3.63, 3.8) is 0 Å². The Bertz CT molecular complexity index is 1290. The fourth-order valence-corrected chi connectivity index (χ4v) is 4.68. The molecule has 3 nitrogen and oxygen atoms in total. The van der Waals surface area contributed by atoms with Crippen molar-refractivity contribution in [1.82, 2.24) is 0 Å². The monoisotopic (exact) mass is 956 g/mol. The summed E-state index contributed by atoms with van der Waals surface area (Å²) in [7, 11) is -0.508. The fourth-order valence-electron chi connectivity index (χ4n) is 4.68. The Balaban J connectivity index is -0.000000794. The Morgan fingerprint density at radius 3 is 0.527 bits per heavy atom. The minimum atomic E-state index is -0.508. The van der Waals surface area contributed by atoms with Crippen LogP contribution in [0.4, 0.5) is 34.1 Å². The zero-order chi connectivity index (χ0) is 39.0. The van der Waals surface area contributed by atoms with E-state index < -0.39 is 7.12 Å². The summed E-state index contributed by atoms with van der Waals surface area (Å²) in [6.07, 6.45) is 0. The van der Waals surface area contributed by atoms with Crippen LogP contribution in [0.5, 0.6) is 0 Å². The molecular formula is C48H60BN3Y3-6. The molecule has 0 aromatic heterocycles. The molecule has 0 spiro atoms. The molecule has 0 unspecified atom stereocenters. The van der Waals surface area contributed by atoms with E-state index in [0.717, 1.165) is 34.1 Å². The predicted molar refractivity (Wildman–Crippen MR) is 232 cm³/mol. The summed E-state index contributed by atoms with van der Waals surface area (Å²) in [6, 6.07) is 68.9. The first-order chi connectivity index (χ1) is 25.9. The van der Waals surface area contributed by atoms with Gasteiger partial charge in [0.15, 0.2) is 0 Å². The summed E-state index contributed by atoms with van der Waals surface area (Å²) in [5.41, 5.74) is 5.27. The van der Waals surface area contributed by atoms with Gasteiger partial charge in [-0.25, -0.2) is 0 Å². The average Bonchev–Trinajstić information content (AvgIpc) is 3.28. The number of hydrogen-bond acceptors (Lipinski definition) is 3. The normalized spacial score (nSPS) is 8.29. The standard InChI is InChI=1S/C36H24BN3.6C2H6.3Y/c1-7-19-31(20-8-1)38(32-21-9-2-10-22-32)37(39(33-23-11-3-12-24-33)34-25-13-4-14-26-34)40(35-27-15-5-16-28-35)36-29-17-6-18-30-36;6*1-2;;;/h1-19,21,23,25,27,29H;6*1-2H3;;;/q-6;;;;;;;;;. The van der Waals surface area contributed by atoms with Crippen molar-refractivity contribution in [2.75, 3.05) is 14.4 Å². The van der Waals surface area contributed by atoms with E-state index in [1.807, 2.05) is 192 Å².